The second-order valence-corrected chi connectivity index (χ2v) is 12.6. The number of amides is 2. The lowest BCUT2D eigenvalue weighted by Crippen LogP contribution is -2.57. The van der Waals surface area contributed by atoms with Crippen molar-refractivity contribution < 1.29 is 9.59 Å². The summed E-state index contributed by atoms with van der Waals surface area (Å²) >= 11 is 1.90. The molecule has 0 spiro atoms. The fraction of sp³-hybridized carbons (Fsp3) is 0.593. The van der Waals surface area contributed by atoms with E-state index in [4.69, 9.17) is 4.98 Å². The molecule has 0 saturated carbocycles. The Morgan fingerprint density at radius 1 is 1.10 bits per heavy atom. The number of nitrogens with zero attached hydrogens (tertiary/aromatic N) is 9. The summed E-state index contributed by atoms with van der Waals surface area (Å²) in [6.45, 7) is 5.16. The largest absolute Gasteiger partial charge is 0.364 e. The van der Waals surface area contributed by atoms with Crippen LogP contribution in [0, 0.1) is 5.92 Å². The highest BCUT2D eigenvalue weighted by Gasteiger charge is 2.45. The van der Waals surface area contributed by atoms with E-state index in [1.807, 2.05) is 35.1 Å². The highest BCUT2D eigenvalue weighted by Crippen LogP contribution is 2.37. The smallest absolute Gasteiger partial charge is 0.247 e. The maximum atomic E-state index is 13.3. The molecule has 3 atom stereocenters. The minimum atomic E-state index is 0.0798. The van der Waals surface area contributed by atoms with Crippen LogP contribution in [0.2, 0.25) is 0 Å². The number of nitrogens with one attached hydrogen (secondary N) is 1. The fourth-order valence-corrected chi connectivity index (χ4v) is 7.74. The number of piperazine rings is 2. The lowest BCUT2D eigenvalue weighted by Gasteiger charge is -2.43. The minimum absolute atomic E-state index is 0.0798. The van der Waals surface area contributed by atoms with Crippen molar-refractivity contribution >= 4 is 46.5 Å². The van der Waals surface area contributed by atoms with E-state index in [1.54, 1.807) is 15.4 Å². The van der Waals surface area contributed by atoms with Crippen LogP contribution in [0.4, 0.5) is 17.3 Å². The molecule has 2 bridgehead atoms. The van der Waals surface area contributed by atoms with Gasteiger partial charge in [0.15, 0.2) is 5.65 Å². The van der Waals surface area contributed by atoms with Gasteiger partial charge in [-0.05, 0) is 44.2 Å². The number of aromatic nitrogens is 5. The zero-order valence-corrected chi connectivity index (χ0v) is 23.7. The van der Waals surface area contributed by atoms with Gasteiger partial charge in [0.05, 0.1) is 17.6 Å². The van der Waals surface area contributed by atoms with Crippen LogP contribution in [0.1, 0.15) is 19.3 Å². The molecule has 0 radical (unpaired) electrons. The van der Waals surface area contributed by atoms with Crippen molar-refractivity contribution in [2.45, 2.75) is 37.9 Å². The van der Waals surface area contributed by atoms with Gasteiger partial charge in [0, 0.05) is 75.4 Å². The van der Waals surface area contributed by atoms with Gasteiger partial charge in [0.25, 0.3) is 0 Å². The number of pyridine rings is 1. The van der Waals surface area contributed by atoms with Crippen molar-refractivity contribution in [1.29, 1.82) is 0 Å². The summed E-state index contributed by atoms with van der Waals surface area (Å²) in [6, 6.07) is 4.62. The lowest BCUT2D eigenvalue weighted by molar-refractivity contribution is -0.138. The molecule has 1 N–H and O–H groups in total. The van der Waals surface area contributed by atoms with Gasteiger partial charge >= 0.3 is 0 Å². The van der Waals surface area contributed by atoms with Gasteiger partial charge < -0.3 is 24.9 Å². The first-order valence-electron chi connectivity index (χ1n) is 14.3. The molecular formula is C27H36N10O2S. The SMILES string of the molecule is CN1CCN(C(=O)Cn2cc(Nc3nc4c(N5CC6CCC(C5)N6C(=O)C5CCSC5)cccn4n3)cn2)CC1. The van der Waals surface area contributed by atoms with Crippen LogP contribution in [0.5, 0.6) is 0 Å². The molecule has 3 aromatic heterocycles. The molecule has 7 rings (SSSR count). The molecule has 40 heavy (non-hydrogen) atoms. The topological polar surface area (TPSA) is 107 Å². The number of likely N-dealkylation sites (N-methyl/N-ethyl adjacent to an activating group) is 1. The van der Waals surface area contributed by atoms with Crippen molar-refractivity contribution in [3.63, 3.8) is 0 Å². The van der Waals surface area contributed by atoms with E-state index in [-0.39, 0.29) is 30.5 Å². The summed E-state index contributed by atoms with van der Waals surface area (Å²) < 4.78 is 3.46. The Morgan fingerprint density at radius 3 is 2.65 bits per heavy atom. The van der Waals surface area contributed by atoms with E-state index in [1.165, 1.54) is 0 Å². The summed E-state index contributed by atoms with van der Waals surface area (Å²) in [4.78, 5) is 39.5. The molecule has 2 amide bonds. The molecule has 0 aliphatic carbocycles. The van der Waals surface area contributed by atoms with Crippen molar-refractivity contribution in [3.8, 4) is 0 Å². The highest BCUT2D eigenvalue weighted by molar-refractivity contribution is 7.99. The van der Waals surface area contributed by atoms with Gasteiger partial charge in [-0.2, -0.15) is 21.8 Å². The first kappa shape index (κ1) is 25.6. The Kier molecular flexibility index (Phi) is 6.78. The Hall–Kier alpha value is -3.32. The minimum Gasteiger partial charge on any atom is -0.364 e. The number of carbonyl (C=O) groups excluding carboxylic acids is 2. The summed E-state index contributed by atoms with van der Waals surface area (Å²) in [7, 11) is 2.08. The first-order valence-corrected chi connectivity index (χ1v) is 15.4. The van der Waals surface area contributed by atoms with Crippen LogP contribution >= 0.6 is 11.8 Å². The van der Waals surface area contributed by atoms with E-state index in [0.29, 0.717) is 11.9 Å². The zero-order chi connectivity index (χ0) is 27.2. The molecule has 4 aliphatic heterocycles. The van der Waals surface area contributed by atoms with Gasteiger partial charge in [-0.3, -0.25) is 14.3 Å². The molecule has 0 aromatic carbocycles. The van der Waals surface area contributed by atoms with Crippen LogP contribution in [0.15, 0.2) is 30.7 Å². The Morgan fingerprint density at radius 2 is 1.90 bits per heavy atom. The molecule has 4 saturated heterocycles. The number of anilines is 3. The van der Waals surface area contributed by atoms with Crippen molar-refractivity contribution in [2.75, 3.05) is 68.0 Å². The van der Waals surface area contributed by atoms with Gasteiger partial charge in [-0.25, -0.2) is 4.52 Å². The molecule has 13 heteroatoms. The van der Waals surface area contributed by atoms with Crippen molar-refractivity contribution in [1.82, 2.24) is 39.1 Å². The maximum absolute atomic E-state index is 13.3. The standard InChI is InChI=1S/C27H36N10O2S/c1-32-8-10-33(11-9-32)24(38)17-35-14-20(13-28-35)29-27-30-25-23(3-2-7-36(25)31-27)34-15-21-4-5-22(16-34)37(21)26(39)19-6-12-40-18-19/h2-3,7,13-14,19,21-22H,4-6,8-12,15-18H2,1H3,(H,29,31). The second kappa shape index (κ2) is 10.6. The van der Waals surface area contributed by atoms with E-state index in [9.17, 15) is 9.59 Å². The number of rotatable bonds is 6. The third-order valence-electron chi connectivity index (χ3n) is 8.74. The molecule has 4 fully saturated rings. The number of hydrogen-bond acceptors (Lipinski definition) is 9. The molecular weight excluding hydrogens is 528 g/mol. The maximum Gasteiger partial charge on any atom is 0.247 e. The summed E-state index contributed by atoms with van der Waals surface area (Å²) in [5.41, 5.74) is 2.56. The fourth-order valence-electron chi connectivity index (χ4n) is 6.53. The quantitative estimate of drug-likeness (QED) is 0.475. The van der Waals surface area contributed by atoms with E-state index < -0.39 is 0 Å². The second-order valence-electron chi connectivity index (χ2n) is 11.4. The average Bonchev–Trinajstić information content (AvgIpc) is 3.76. The van der Waals surface area contributed by atoms with Crippen LogP contribution < -0.4 is 10.2 Å². The van der Waals surface area contributed by atoms with Gasteiger partial charge in [-0.15, -0.1) is 5.10 Å². The van der Waals surface area contributed by atoms with Crippen LogP contribution in [0.3, 0.4) is 0 Å². The summed E-state index contributed by atoms with van der Waals surface area (Å²) in [5.74, 6) is 3.20. The van der Waals surface area contributed by atoms with Gasteiger partial charge in [0.2, 0.25) is 17.8 Å². The number of thioether (sulfide) groups is 1. The summed E-state index contributed by atoms with van der Waals surface area (Å²) in [5, 5.41) is 12.3. The normalized spacial score (nSPS) is 25.2. The number of carbonyl (C=O) groups is 2. The molecule has 12 nitrogen and oxygen atoms in total. The van der Waals surface area contributed by atoms with E-state index in [2.05, 4.69) is 43.3 Å². The third-order valence-corrected chi connectivity index (χ3v) is 9.90. The van der Waals surface area contributed by atoms with Crippen LogP contribution in [-0.4, -0.2) is 121 Å². The van der Waals surface area contributed by atoms with Crippen molar-refractivity contribution in [2.24, 2.45) is 5.92 Å². The van der Waals surface area contributed by atoms with Crippen LogP contribution in [-0.2, 0) is 16.1 Å². The highest BCUT2D eigenvalue weighted by atomic mass is 32.2. The zero-order valence-electron chi connectivity index (χ0n) is 22.9. The Balaban J connectivity index is 1.03. The van der Waals surface area contributed by atoms with E-state index >= 15 is 0 Å². The predicted molar refractivity (Wildman–Crippen MR) is 154 cm³/mol. The summed E-state index contributed by atoms with van der Waals surface area (Å²) in [6.07, 6.45) is 8.57. The van der Waals surface area contributed by atoms with Crippen molar-refractivity contribution in [3.05, 3.63) is 30.7 Å². The lowest BCUT2D eigenvalue weighted by atomic mass is 10.0. The third kappa shape index (κ3) is 4.89. The average molecular weight is 565 g/mol. The monoisotopic (exact) mass is 564 g/mol. The van der Waals surface area contributed by atoms with Gasteiger partial charge in [-0.1, -0.05) is 0 Å². The molecule has 3 aromatic rings. The van der Waals surface area contributed by atoms with E-state index in [0.717, 1.165) is 87.1 Å². The van der Waals surface area contributed by atoms with Gasteiger partial charge in [0.1, 0.15) is 6.54 Å². The first-order chi connectivity index (χ1) is 19.5. The molecule has 3 unspecified atom stereocenters. The molecule has 7 heterocycles. The number of fused-ring (bicyclic) bond motifs is 3. The number of hydrogen-bond donors (Lipinski definition) is 1. The Labute approximate surface area is 237 Å². The Bertz CT molecular complexity index is 1380. The molecule has 212 valence electrons. The predicted octanol–water partition coefficient (Wildman–Crippen LogP) is 1.38. The van der Waals surface area contributed by atoms with Crippen LogP contribution in [0.25, 0.3) is 5.65 Å². The molecule has 4 aliphatic rings.